The molecule has 1 aliphatic rings. The van der Waals surface area contributed by atoms with Crippen molar-refractivity contribution in [1.29, 1.82) is 0 Å². The lowest BCUT2D eigenvalue weighted by atomic mass is 10.1. The molecule has 0 bridgehead atoms. The molecule has 2 heterocycles. The maximum absolute atomic E-state index is 10.9. The zero-order chi connectivity index (χ0) is 18.4. The lowest BCUT2D eigenvalue weighted by molar-refractivity contribution is -0.138. The third-order valence-electron chi connectivity index (χ3n) is 4.87. The van der Waals surface area contributed by atoms with Crippen molar-refractivity contribution in [2.24, 2.45) is 0 Å². The molecule has 26 heavy (non-hydrogen) atoms. The number of carboxylic acid groups (broad SMARTS) is 1. The molecular formula is C19H26N4O3. The quantitative estimate of drug-likeness (QED) is 0.811. The molecule has 7 nitrogen and oxygen atoms in total. The van der Waals surface area contributed by atoms with E-state index in [2.05, 4.69) is 27.2 Å². The van der Waals surface area contributed by atoms with E-state index in [1.807, 2.05) is 30.1 Å². The number of hydrogen-bond acceptors (Lipinski definition) is 6. The third-order valence-corrected chi connectivity index (χ3v) is 4.87. The van der Waals surface area contributed by atoms with Crippen molar-refractivity contribution in [3.63, 3.8) is 0 Å². The van der Waals surface area contributed by atoms with Gasteiger partial charge in [-0.3, -0.25) is 14.6 Å². The number of carboxylic acids is 1. The van der Waals surface area contributed by atoms with Gasteiger partial charge in [-0.2, -0.15) is 4.98 Å². The third kappa shape index (κ3) is 5.37. The molecule has 0 spiro atoms. The fraction of sp³-hybridized carbons (Fsp3) is 0.526. The average molecular weight is 358 g/mol. The number of carbonyl (C=O) groups is 1. The second-order valence-corrected chi connectivity index (χ2v) is 6.94. The normalized spacial score (nSPS) is 18.8. The number of likely N-dealkylation sites (tertiary alicyclic amines) is 1. The molecule has 0 amide bonds. The van der Waals surface area contributed by atoms with Crippen LogP contribution in [0.15, 0.2) is 34.9 Å². The summed E-state index contributed by atoms with van der Waals surface area (Å²) >= 11 is 0. The van der Waals surface area contributed by atoms with Crippen LogP contribution in [0.2, 0.25) is 0 Å². The monoisotopic (exact) mass is 358 g/mol. The smallest absolute Gasteiger partial charge is 0.317 e. The minimum absolute atomic E-state index is 0.0944. The van der Waals surface area contributed by atoms with Crippen LogP contribution in [0.5, 0.6) is 0 Å². The Morgan fingerprint density at radius 3 is 2.88 bits per heavy atom. The van der Waals surface area contributed by atoms with Crippen LogP contribution < -0.4 is 0 Å². The Morgan fingerprint density at radius 1 is 1.31 bits per heavy atom. The van der Waals surface area contributed by atoms with Crippen LogP contribution in [-0.4, -0.2) is 63.7 Å². The predicted octanol–water partition coefficient (Wildman–Crippen LogP) is 2.03. The van der Waals surface area contributed by atoms with Crippen molar-refractivity contribution in [3.05, 3.63) is 47.6 Å². The van der Waals surface area contributed by atoms with Crippen LogP contribution in [-0.2, 0) is 17.8 Å². The SMILES string of the molecule is CN(CC(=O)O)C1CCCN(Cc2nc(Cc3ccccc3)no2)CC1. The fourth-order valence-corrected chi connectivity index (χ4v) is 3.48. The van der Waals surface area contributed by atoms with Gasteiger partial charge >= 0.3 is 5.97 Å². The number of aliphatic carboxylic acids is 1. The van der Waals surface area contributed by atoms with Gasteiger partial charge < -0.3 is 9.63 Å². The second kappa shape index (κ2) is 8.91. The number of aromatic nitrogens is 2. The Morgan fingerprint density at radius 2 is 2.12 bits per heavy atom. The number of benzene rings is 1. The van der Waals surface area contributed by atoms with E-state index in [0.717, 1.165) is 32.4 Å². The van der Waals surface area contributed by atoms with E-state index in [1.54, 1.807) is 0 Å². The maximum atomic E-state index is 10.9. The van der Waals surface area contributed by atoms with Crippen LogP contribution in [0.4, 0.5) is 0 Å². The minimum atomic E-state index is -0.773. The Bertz CT molecular complexity index is 704. The topological polar surface area (TPSA) is 82.7 Å². The lowest BCUT2D eigenvalue weighted by Gasteiger charge is -2.25. The van der Waals surface area contributed by atoms with E-state index in [-0.39, 0.29) is 6.54 Å². The van der Waals surface area contributed by atoms with Gasteiger partial charge in [0, 0.05) is 19.0 Å². The molecule has 2 aromatic rings. The first-order chi connectivity index (χ1) is 12.6. The van der Waals surface area contributed by atoms with Crippen molar-refractivity contribution < 1.29 is 14.4 Å². The highest BCUT2D eigenvalue weighted by atomic mass is 16.5. The molecule has 1 saturated heterocycles. The highest BCUT2D eigenvalue weighted by molar-refractivity contribution is 5.69. The summed E-state index contributed by atoms with van der Waals surface area (Å²) in [6.45, 7) is 2.62. The Kier molecular flexibility index (Phi) is 6.35. The first-order valence-electron chi connectivity index (χ1n) is 9.10. The van der Waals surface area contributed by atoms with Crippen molar-refractivity contribution in [2.45, 2.75) is 38.3 Å². The van der Waals surface area contributed by atoms with Crippen LogP contribution in [0, 0.1) is 0 Å². The largest absolute Gasteiger partial charge is 0.480 e. The van der Waals surface area contributed by atoms with E-state index >= 15 is 0 Å². The number of nitrogens with zero attached hydrogens (tertiary/aromatic N) is 4. The average Bonchev–Trinajstić information content (AvgIpc) is 2.90. The molecule has 7 heteroatoms. The molecule has 1 fully saturated rings. The lowest BCUT2D eigenvalue weighted by Crippen LogP contribution is -2.36. The van der Waals surface area contributed by atoms with E-state index in [9.17, 15) is 4.79 Å². The standard InChI is InChI=1S/C19H26N4O3/c1-22(14-19(24)25)16-8-5-10-23(11-9-16)13-18-20-17(21-26-18)12-15-6-3-2-4-7-15/h2-4,6-7,16H,5,8-14H2,1H3,(H,24,25). The zero-order valence-corrected chi connectivity index (χ0v) is 15.2. The van der Waals surface area contributed by atoms with Gasteiger partial charge in [-0.15, -0.1) is 0 Å². The zero-order valence-electron chi connectivity index (χ0n) is 15.2. The Balaban J connectivity index is 1.51. The summed E-state index contributed by atoms with van der Waals surface area (Å²) in [5.74, 6) is 0.582. The Labute approximate surface area is 153 Å². The molecule has 0 saturated carbocycles. The molecule has 3 rings (SSSR count). The van der Waals surface area contributed by atoms with Crippen molar-refractivity contribution >= 4 is 5.97 Å². The first kappa shape index (κ1) is 18.5. The van der Waals surface area contributed by atoms with Gasteiger partial charge in [0.2, 0.25) is 5.89 Å². The summed E-state index contributed by atoms with van der Waals surface area (Å²) in [6, 6.07) is 10.4. The van der Waals surface area contributed by atoms with E-state index in [1.165, 1.54) is 5.56 Å². The summed E-state index contributed by atoms with van der Waals surface area (Å²) in [6.07, 6.45) is 3.68. The molecule has 1 atom stereocenters. The van der Waals surface area contributed by atoms with E-state index in [0.29, 0.717) is 30.7 Å². The van der Waals surface area contributed by atoms with E-state index < -0.39 is 5.97 Å². The van der Waals surface area contributed by atoms with Gasteiger partial charge in [0.25, 0.3) is 0 Å². The summed E-state index contributed by atoms with van der Waals surface area (Å²) in [4.78, 5) is 19.7. The molecule has 1 unspecified atom stereocenters. The number of likely N-dealkylation sites (N-methyl/N-ethyl adjacent to an activating group) is 1. The summed E-state index contributed by atoms with van der Waals surface area (Å²) < 4.78 is 5.42. The molecular weight excluding hydrogens is 332 g/mol. The highest BCUT2D eigenvalue weighted by Crippen LogP contribution is 2.17. The number of rotatable bonds is 7. The van der Waals surface area contributed by atoms with Crippen LogP contribution in [0.3, 0.4) is 0 Å². The van der Waals surface area contributed by atoms with Gasteiger partial charge in [0.05, 0.1) is 13.1 Å². The molecule has 1 aromatic heterocycles. The molecule has 1 N–H and O–H groups in total. The van der Waals surface area contributed by atoms with Gasteiger partial charge in [0.15, 0.2) is 5.82 Å². The van der Waals surface area contributed by atoms with Crippen molar-refractivity contribution in [2.75, 3.05) is 26.7 Å². The van der Waals surface area contributed by atoms with Crippen LogP contribution in [0.25, 0.3) is 0 Å². The van der Waals surface area contributed by atoms with Gasteiger partial charge in [-0.1, -0.05) is 35.5 Å². The molecule has 0 radical (unpaired) electrons. The number of hydrogen-bond donors (Lipinski definition) is 1. The molecule has 0 aliphatic carbocycles. The summed E-state index contributed by atoms with van der Waals surface area (Å²) in [7, 11) is 1.89. The van der Waals surface area contributed by atoms with Gasteiger partial charge in [-0.25, -0.2) is 0 Å². The van der Waals surface area contributed by atoms with E-state index in [4.69, 9.17) is 9.63 Å². The van der Waals surface area contributed by atoms with Crippen LogP contribution in [0.1, 0.15) is 36.5 Å². The van der Waals surface area contributed by atoms with Crippen LogP contribution >= 0.6 is 0 Å². The highest BCUT2D eigenvalue weighted by Gasteiger charge is 2.22. The van der Waals surface area contributed by atoms with Gasteiger partial charge in [-0.05, 0) is 38.4 Å². The second-order valence-electron chi connectivity index (χ2n) is 6.94. The Hall–Kier alpha value is -2.25. The molecule has 1 aliphatic heterocycles. The molecule has 140 valence electrons. The van der Waals surface area contributed by atoms with Crippen molar-refractivity contribution in [1.82, 2.24) is 19.9 Å². The maximum Gasteiger partial charge on any atom is 0.317 e. The molecule has 1 aromatic carbocycles. The summed E-state index contributed by atoms with van der Waals surface area (Å²) in [5.41, 5.74) is 1.17. The summed E-state index contributed by atoms with van der Waals surface area (Å²) in [5, 5.41) is 13.1. The fourth-order valence-electron chi connectivity index (χ4n) is 3.48. The first-order valence-corrected chi connectivity index (χ1v) is 9.10. The van der Waals surface area contributed by atoms with Crippen molar-refractivity contribution in [3.8, 4) is 0 Å². The predicted molar refractivity (Wildman–Crippen MR) is 96.7 cm³/mol. The minimum Gasteiger partial charge on any atom is -0.480 e. The van der Waals surface area contributed by atoms with Gasteiger partial charge in [0.1, 0.15) is 0 Å².